The second kappa shape index (κ2) is 6.81. The molecule has 2 rings (SSSR count). The standard InChI is InChI=1S/C15H14N2O3S/c1-17-9-10-21-15(17)16-13(18)8-5-11-3-6-12(7-4-11)14(19)20-2/h3-10H,1-2H3/b8-5+,16-15?. The lowest BCUT2D eigenvalue weighted by atomic mass is 10.1. The summed E-state index contributed by atoms with van der Waals surface area (Å²) < 4.78 is 6.40. The molecule has 5 nitrogen and oxygen atoms in total. The minimum absolute atomic E-state index is 0.329. The van der Waals surface area contributed by atoms with Gasteiger partial charge in [0.15, 0.2) is 4.80 Å². The van der Waals surface area contributed by atoms with Gasteiger partial charge in [-0.15, -0.1) is 11.3 Å². The number of carbonyl (C=O) groups excluding carboxylic acids is 2. The van der Waals surface area contributed by atoms with Gasteiger partial charge in [-0.1, -0.05) is 12.1 Å². The average Bonchev–Trinajstić information content (AvgIpc) is 2.90. The molecule has 0 bridgehead atoms. The van der Waals surface area contributed by atoms with Crippen molar-refractivity contribution < 1.29 is 14.3 Å². The number of hydrogen-bond donors (Lipinski definition) is 0. The van der Waals surface area contributed by atoms with Gasteiger partial charge in [0, 0.05) is 24.7 Å². The van der Waals surface area contributed by atoms with Crippen LogP contribution in [-0.4, -0.2) is 23.6 Å². The summed E-state index contributed by atoms with van der Waals surface area (Å²) in [5, 5.41) is 1.86. The van der Waals surface area contributed by atoms with Crippen molar-refractivity contribution in [2.24, 2.45) is 12.0 Å². The Kier molecular flexibility index (Phi) is 4.84. The molecule has 1 heterocycles. The zero-order valence-corrected chi connectivity index (χ0v) is 12.5. The van der Waals surface area contributed by atoms with E-state index >= 15 is 0 Å². The van der Waals surface area contributed by atoms with E-state index in [1.165, 1.54) is 24.5 Å². The van der Waals surface area contributed by atoms with Crippen LogP contribution in [0.1, 0.15) is 15.9 Å². The lowest BCUT2D eigenvalue weighted by Crippen LogP contribution is -2.11. The van der Waals surface area contributed by atoms with Crippen LogP contribution in [0, 0.1) is 0 Å². The molecule has 0 atom stereocenters. The lowest BCUT2D eigenvalue weighted by Gasteiger charge is -1.98. The summed E-state index contributed by atoms with van der Waals surface area (Å²) >= 11 is 1.40. The number of hydrogen-bond acceptors (Lipinski definition) is 4. The van der Waals surface area contributed by atoms with Crippen molar-refractivity contribution in [1.29, 1.82) is 0 Å². The largest absolute Gasteiger partial charge is 0.465 e. The topological polar surface area (TPSA) is 60.7 Å². The van der Waals surface area contributed by atoms with Crippen molar-refractivity contribution in [3.8, 4) is 0 Å². The van der Waals surface area contributed by atoms with Gasteiger partial charge in [-0.05, 0) is 23.8 Å². The molecule has 0 saturated carbocycles. The molecule has 21 heavy (non-hydrogen) atoms. The van der Waals surface area contributed by atoms with Gasteiger partial charge >= 0.3 is 5.97 Å². The molecule has 6 heteroatoms. The van der Waals surface area contributed by atoms with Gasteiger partial charge in [-0.25, -0.2) is 4.79 Å². The maximum atomic E-state index is 11.7. The number of ether oxygens (including phenoxy) is 1. The molecule has 1 amide bonds. The lowest BCUT2D eigenvalue weighted by molar-refractivity contribution is -0.113. The molecule has 1 aromatic heterocycles. The van der Waals surface area contributed by atoms with Gasteiger partial charge in [0.05, 0.1) is 12.7 Å². The fraction of sp³-hybridized carbons (Fsp3) is 0.133. The van der Waals surface area contributed by atoms with Crippen LogP contribution in [0.15, 0.2) is 46.9 Å². The summed E-state index contributed by atoms with van der Waals surface area (Å²) in [7, 11) is 3.17. The predicted octanol–water partition coefficient (Wildman–Crippen LogP) is 2.01. The van der Waals surface area contributed by atoms with Gasteiger partial charge in [0.2, 0.25) is 0 Å². The number of thiazole rings is 1. The number of aromatic nitrogens is 1. The predicted molar refractivity (Wildman–Crippen MR) is 80.7 cm³/mol. The fourth-order valence-corrected chi connectivity index (χ4v) is 2.32. The van der Waals surface area contributed by atoms with E-state index in [1.807, 2.05) is 18.6 Å². The molecule has 0 N–H and O–H groups in total. The highest BCUT2D eigenvalue weighted by Gasteiger charge is 2.03. The van der Waals surface area contributed by atoms with Crippen LogP contribution in [0.3, 0.4) is 0 Å². The molecule has 0 fully saturated rings. The summed E-state index contributed by atoms with van der Waals surface area (Å²) in [6.45, 7) is 0. The van der Waals surface area contributed by atoms with E-state index in [1.54, 1.807) is 34.9 Å². The SMILES string of the molecule is COC(=O)c1ccc(/C=C/C(=O)N=c2sccn2C)cc1. The van der Waals surface area contributed by atoms with Crippen LogP contribution < -0.4 is 4.80 Å². The smallest absolute Gasteiger partial charge is 0.337 e. The number of rotatable bonds is 3. The number of amides is 1. The highest BCUT2D eigenvalue weighted by atomic mass is 32.1. The molecular formula is C15H14N2O3S. The summed E-state index contributed by atoms with van der Waals surface area (Å²) in [5.74, 6) is -0.716. The summed E-state index contributed by atoms with van der Waals surface area (Å²) in [4.78, 5) is 27.6. The number of aryl methyl sites for hydroxylation is 1. The Morgan fingerprint density at radius 2 is 2.00 bits per heavy atom. The molecule has 0 spiro atoms. The third-order valence-electron chi connectivity index (χ3n) is 2.72. The first-order chi connectivity index (χ1) is 10.1. The van der Waals surface area contributed by atoms with Crippen molar-refractivity contribution in [2.45, 2.75) is 0 Å². The van der Waals surface area contributed by atoms with Gasteiger partial charge in [0.25, 0.3) is 5.91 Å². The van der Waals surface area contributed by atoms with E-state index in [9.17, 15) is 9.59 Å². The molecule has 0 aliphatic rings. The van der Waals surface area contributed by atoms with Crippen molar-refractivity contribution in [1.82, 2.24) is 4.57 Å². The van der Waals surface area contributed by atoms with E-state index in [2.05, 4.69) is 9.73 Å². The van der Waals surface area contributed by atoms with Gasteiger partial charge in [-0.2, -0.15) is 4.99 Å². The van der Waals surface area contributed by atoms with Gasteiger partial charge in [-0.3, -0.25) is 4.79 Å². The Labute approximate surface area is 125 Å². The Hall–Kier alpha value is -2.47. The van der Waals surface area contributed by atoms with E-state index in [0.717, 1.165) is 5.56 Å². The number of methoxy groups -OCH3 is 1. The summed E-state index contributed by atoms with van der Waals surface area (Å²) in [5.41, 5.74) is 1.28. The van der Waals surface area contributed by atoms with Crippen molar-refractivity contribution in [2.75, 3.05) is 7.11 Å². The third kappa shape index (κ3) is 4.00. The van der Waals surface area contributed by atoms with Crippen LogP contribution in [0.5, 0.6) is 0 Å². The molecule has 0 aliphatic heterocycles. The number of carbonyl (C=O) groups is 2. The van der Waals surface area contributed by atoms with Crippen LogP contribution in [0.2, 0.25) is 0 Å². The molecule has 108 valence electrons. The maximum Gasteiger partial charge on any atom is 0.337 e. The zero-order chi connectivity index (χ0) is 15.2. The first-order valence-corrected chi connectivity index (χ1v) is 7.03. The molecule has 0 saturated heterocycles. The Balaban J connectivity index is 2.09. The van der Waals surface area contributed by atoms with Crippen molar-refractivity contribution in [3.05, 3.63) is 57.8 Å². The van der Waals surface area contributed by atoms with Crippen LogP contribution in [0.25, 0.3) is 6.08 Å². The second-order valence-corrected chi connectivity index (χ2v) is 5.07. The van der Waals surface area contributed by atoms with E-state index in [4.69, 9.17) is 0 Å². The van der Waals surface area contributed by atoms with Crippen molar-refractivity contribution in [3.63, 3.8) is 0 Å². The fourth-order valence-electron chi connectivity index (χ4n) is 1.58. The minimum Gasteiger partial charge on any atom is -0.465 e. The summed E-state index contributed by atoms with van der Waals surface area (Å²) in [6, 6.07) is 6.77. The highest BCUT2D eigenvalue weighted by Crippen LogP contribution is 2.07. The van der Waals surface area contributed by atoms with Crippen LogP contribution in [0.4, 0.5) is 0 Å². The highest BCUT2D eigenvalue weighted by molar-refractivity contribution is 7.07. The number of nitrogens with zero attached hydrogens (tertiary/aromatic N) is 2. The first kappa shape index (κ1) is 14.9. The van der Waals surface area contributed by atoms with Crippen molar-refractivity contribution >= 4 is 29.3 Å². The van der Waals surface area contributed by atoms with Gasteiger partial charge < -0.3 is 9.30 Å². The molecule has 0 aliphatic carbocycles. The van der Waals surface area contributed by atoms with Crippen LogP contribution in [-0.2, 0) is 16.6 Å². The minimum atomic E-state index is -0.387. The third-order valence-corrected chi connectivity index (χ3v) is 3.56. The molecule has 0 radical (unpaired) electrons. The van der Waals surface area contributed by atoms with E-state index < -0.39 is 0 Å². The van der Waals surface area contributed by atoms with Gasteiger partial charge in [0.1, 0.15) is 0 Å². The molecule has 0 unspecified atom stereocenters. The zero-order valence-electron chi connectivity index (χ0n) is 11.6. The maximum absolute atomic E-state index is 11.7. The normalized spacial score (nSPS) is 11.8. The summed E-state index contributed by atoms with van der Waals surface area (Å²) in [6.07, 6.45) is 4.89. The van der Waals surface area contributed by atoms with E-state index in [-0.39, 0.29) is 11.9 Å². The molecular weight excluding hydrogens is 288 g/mol. The molecule has 2 aromatic rings. The first-order valence-electron chi connectivity index (χ1n) is 6.15. The van der Waals surface area contributed by atoms with E-state index in [0.29, 0.717) is 10.4 Å². The second-order valence-electron chi connectivity index (χ2n) is 4.19. The quantitative estimate of drug-likeness (QED) is 0.643. The Morgan fingerprint density at radius 3 is 2.57 bits per heavy atom. The number of esters is 1. The average molecular weight is 302 g/mol. The Morgan fingerprint density at radius 1 is 1.29 bits per heavy atom. The van der Waals surface area contributed by atoms with Crippen LogP contribution >= 0.6 is 11.3 Å². The number of benzene rings is 1. The monoisotopic (exact) mass is 302 g/mol. The Bertz CT molecular complexity index is 739. The molecule has 1 aromatic carbocycles.